The number of thiophene rings is 1. The first-order valence-corrected chi connectivity index (χ1v) is 7.21. The lowest BCUT2D eigenvalue weighted by Gasteiger charge is -2.36. The van der Waals surface area contributed by atoms with E-state index in [1.807, 2.05) is 6.07 Å². The molecule has 0 aliphatic carbocycles. The largest absolute Gasteiger partial charge is 0.478 e. The number of ether oxygens (including phenoxy) is 1. The first kappa shape index (κ1) is 14.2. The second-order valence-electron chi connectivity index (χ2n) is 4.90. The molecule has 2 heterocycles. The van der Waals surface area contributed by atoms with Gasteiger partial charge in [-0.3, -0.25) is 4.90 Å². The lowest BCUT2D eigenvalue weighted by molar-refractivity contribution is -0.131. The van der Waals surface area contributed by atoms with Gasteiger partial charge in [-0.15, -0.1) is 11.3 Å². The molecular weight excluding hydrogens is 262 g/mol. The zero-order valence-corrected chi connectivity index (χ0v) is 12.0. The fraction of sp³-hybridized carbons (Fsp3) is 0.500. The molecule has 1 aliphatic rings. The van der Waals surface area contributed by atoms with Gasteiger partial charge in [0.25, 0.3) is 0 Å². The minimum absolute atomic E-state index is 0.280. The maximum absolute atomic E-state index is 10.5. The molecule has 5 heteroatoms. The van der Waals surface area contributed by atoms with Crippen LogP contribution in [0.5, 0.6) is 0 Å². The van der Waals surface area contributed by atoms with Gasteiger partial charge in [0.2, 0.25) is 0 Å². The monoisotopic (exact) mass is 281 g/mol. The summed E-state index contributed by atoms with van der Waals surface area (Å²) in [7, 11) is 0. The van der Waals surface area contributed by atoms with Crippen LogP contribution in [0.25, 0.3) is 6.08 Å². The van der Waals surface area contributed by atoms with Crippen molar-refractivity contribution in [3.63, 3.8) is 0 Å². The molecule has 0 amide bonds. The van der Waals surface area contributed by atoms with Crippen LogP contribution in [0.3, 0.4) is 0 Å². The Kier molecular flexibility index (Phi) is 4.74. The van der Waals surface area contributed by atoms with Crippen molar-refractivity contribution < 1.29 is 14.6 Å². The zero-order chi connectivity index (χ0) is 13.8. The molecule has 0 saturated carbocycles. The second kappa shape index (κ2) is 6.32. The molecule has 0 radical (unpaired) electrons. The fourth-order valence-corrected chi connectivity index (χ4v) is 3.06. The molecule has 1 fully saturated rings. The van der Waals surface area contributed by atoms with E-state index in [0.29, 0.717) is 6.04 Å². The van der Waals surface area contributed by atoms with E-state index in [9.17, 15) is 4.79 Å². The third kappa shape index (κ3) is 4.16. The number of carboxylic acids is 1. The Bertz CT molecular complexity index is 469. The van der Waals surface area contributed by atoms with Crippen molar-refractivity contribution in [2.45, 2.75) is 32.5 Å². The summed E-state index contributed by atoms with van der Waals surface area (Å²) in [6.45, 7) is 6.89. The Morgan fingerprint density at radius 3 is 3.11 bits per heavy atom. The Balaban J connectivity index is 1.97. The Hall–Kier alpha value is -1.17. The summed E-state index contributed by atoms with van der Waals surface area (Å²) >= 11 is 1.64. The molecule has 4 nitrogen and oxygen atoms in total. The van der Waals surface area contributed by atoms with Crippen molar-refractivity contribution in [1.82, 2.24) is 4.90 Å². The van der Waals surface area contributed by atoms with Gasteiger partial charge in [-0.2, -0.15) is 0 Å². The van der Waals surface area contributed by atoms with E-state index in [4.69, 9.17) is 9.84 Å². The third-order valence-corrected chi connectivity index (χ3v) is 4.20. The van der Waals surface area contributed by atoms with Gasteiger partial charge in [-0.25, -0.2) is 4.79 Å². The highest BCUT2D eigenvalue weighted by Gasteiger charge is 2.23. The molecule has 104 valence electrons. The molecule has 2 atom stereocenters. The molecule has 1 aromatic heterocycles. The van der Waals surface area contributed by atoms with Crippen LogP contribution in [0.15, 0.2) is 18.2 Å². The maximum Gasteiger partial charge on any atom is 0.328 e. The highest BCUT2D eigenvalue weighted by atomic mass is 32.1. The highest BCUT2D eigenvalue weighted by molar-refractivity contribution is 7.12. The molecule has 0 bridgehead atoms. The van der Waals surface area contributed by atoms with Crippen molar-refractivity contribution in [3.05, 3.63) is 28.0 Å². The van der Waals surface area contributed by atoms with Gasteiger partial charge < -0.3 is 9.84 Å². The lowest BCUT2D eigenvalue weighted by atomic mass is 10.2. The molecule has 0 aromatic carbocycles. The van der Waals surface area contributed by atoms with Crippen molar-refractivity contribution in [2.24, 2.45) is 0 Å². The van der Waals surface area contributed by atoms with E-state index in [1.54, 1.807) is 17.4 Å². The van der Waals surface area contributed by atoms with Crippen LogP contribution in [-0.2, 0) is 16.1 Å². The molecule has 1 N–H and O–H groups in total. The predicted octanol–water partition coefficient (Wildman–Crippen LogP) is 2.46. The van der Waals surface area contributed by atoms with E-state index in [2.05, 4.69) is 24.8 Å². The predicted molar refractivity (Wildman–Crippen MR) is 76.3 cm³/mol. The summed E-state index contributed by atoms with van der Waals surface area (Å²) in [4.78, 5) is 15.1. The molecule has 0 spiro atoms. The number of morpholine rings is 1. The van der Waals surface area contributed by atoms with Crippen molar-refractivity contribution in [3.8, 4) is 0 Å². The fourth-order valence-electron chi connectivity index (χ4n) is 2.11. The summed E-state index contributed by atoms with van der Waals surface area (Å²) in [5.74, 6) is -0.912. The first-order valence-electron chi connectivity index (χ1n) is 6.40. The van der Waals surface area contributed by atoms with Crippen LogP contribution in [-0.4, -0.2) is 41.3 Å². The van der Waals surface area contributed by atoms with Gasteiger partial charge in [0.05, 0.1) is 12.7 Å². The summed E-state index contributed by atoms with van der Waals surface area (Å²) in [5, 5.41) is 8.60. The molecule has 19 heavy (non-hydrogen) atoms. The van der Waals surface area contributed by atoms with Gasteiger partial charge in [-0.1, -0.05) is 0 Å². The SMILES string of the molecule is CC1CN(Cc2ccc(C=CC(=O)O)s2)C(C)CO1. The average molecular weight is 281 g/mol. The molecule has 1 saturated heterocycles. The van der Waals surface area contributed by atoms with Crippen LogP contribution < -0.4 is 0 Å². The number of aliphatic carboxylic acids is 1. The average Bonchev–Trinajstić information content (AvgIpc) is 2.79. The number of rotatable bonds is 4. The molecule has 1 aromatic rings. The highest BCUT2D eigenvalue weighted by Crippen LogP contribution is 2.22. The van der Waals surface area contributed by atoms with Crippen LogP contribution in [0, 0.1) is 0 Å². The molecule has 1 aliphatic heterocycles. The minimum Gasteiger partial charge on any atom is -0.478 e. The van der Waals surface area contributed by atoms with E-state index in [1.165, 1.54) is 11.0 Å². The number of hydrogen-bond acceptors (Lipinski definition) is 4. The lowest BCUT2D eigenvalue weighted by Crippen LogP contribution is -2.46. The van der Waals surface area contributed by atoms with Gasteiger partial charge >= 0.3 is 5.97 Å². The van der Waals surface area contributed by atoms with Crippen LogP contribution in [0.4, 0.5) is 0 Å². The first-order chi connectivity index (χ1) is 9.04. The summed E-state index contributed by atoms with van der Waals surface area (Å²) in [6.07, 6.45) is 3.10. The quantitative estimate of drug-likeness (QED) is 0.861. The third-order valence-electron chi connectivity index (χ3n) is 3.17. The topological polar surface area (TPSA) is 49.8 Å². The van der Waals surface area contributed by atoms with E-state index >= 15 is 0 Å². The molecule has 2 rings (SSSR count). The summed E-state index contributed by atoms with van der Waals surface area (Å²) in [6, 6.07) is 4.46. The number of hydrogen-bond donors (Lipinski definition) is 1. The normalized spacial score (nSPS) is 24.9. The van der Waals surface area contributed by atoms with Crippen molar-refractivity contribution >= 4 is 23.4 Å². The van der Waals surface area contributed by atoms with Crippen LogP contribution in [0.2, 0.25) is 0 Å². The Morgan fingerprint density at radius 2 is 2.37 bits per heavy atom. The van der Waals surface area contributed by atoms with Crippen molar-refractivity contribution in [2.75, 3.05) is 13.2 Å². The Labute approximate surface area is 117 Å². The smallest absolute Gasteiger partial charge is 0.328 e. The second-order valence-corrected chi connectivity index (χ2v) is 6.10. The van der Waals surface area contributed by atoms with Gasteiger partial charge in [0.1, 0.15) is 0 Å². The van der Waals surface area contributed by atoms with Crippen LogP contribution in [0.1, 0.15) is 23.6 Å². The maximum atomic E-state index is 10.5. The van der Waals surface area contributed by atoms with Gasteiger partial charge in [0.15, 0.2) is 0 Å². The van der Waals surface area contributed by atoms with Gasteiger partial charge in [-0.05, 0) is 32.1 Å². The zero-order valence-electron chi connectivity index (χ0n) is 11.2. The van der Waals surface area contributed by atoms with Crippen molar-refractivity contribution in [1.29, 1.82) is 0 Å². The number of carboxylic acid groups (broad SMARTS) is 1. The van der Waals surface area contributed by atoms with Gasteiger partial charge in [0, 0.05) is 35.0 Å². The molecular formula is C14H19NO3S. The minimum atomic E-state index is -0.912. The van der Waals surface area contributed by atoms with E-state index in [-0.39, 0.29) is 6.10 Å². The van der Waals surface area contributed by atoms with E-state index < -0.39 is 5.97 Å². The molecule has 2 unspecified atom stereocenters. The summed E-state index contributed by atoms with van der Waals surface area (Å²) in [5.41, 5.74) is 0. The number of nitrogens with zero attached hydrogens (tertiary/aromatic N) is 1. The number of carbonyl (C=O) groups is 1. The standard InChI is InChI=1S/C14H19NO3S/c1-10-9-18-11(2)7-15(10)8-13-4-3-12(19-13)5-6-14(16)17/h3-6,10-11H,7-9H2,1-2H3,(H,16,17). The Morgan fingerprint density at radius 1 is 1.58 bits per heavy atom. The van der Waals surface area contributed by atoms with Crippen LogP contribution >= 0.6 is 11.3 Å². The van der Waals surface area contributed by atoms with E-state index in [0.717, 1.165) is 24.6 Å². The summed E-state index contributed by atoms with van der Waals surface area (Å²) < 4.78 is 5.61.